The van der Waals surface area contributed by atoms with Gasteiger partial charge in [0.25, 0.3) is 0 Å². The van der Waals surface area contributed by atoms with Crippen molar-refractivity contribution >= 4 is 27.6 Å². The summed E-state index contributed by atoms with van der Waals surface area (Å²) in [7, 11) is -3.77. The van der Waals surface area contributed by atoms with E-state index in [1.807, 2.05) is 0 Å². The summed E-state index contributed by atoms with van der Waals surface area (Å²) in [5, 5.41) is 0.0979. The smallest absolute Gasteiger partial charge is 0.338 e. The van der Waals surface area contributed by atoms with Crippen LogP contribution >= 0.6 is 11.6 Å². The van der Waals surface area contributed by atoms with Crippen LogP contribution in [0, 0.1) is 0 Å². The summed E-state index contributed by atoms with van der Waals surface area (Å²) in [5.74, 6) is -0.498. The summed E-state index contributed by atoms with van der Waals surface area (Å²) in [6, 6.07) is 4.26. The fraction of sp³-hybridized carbons (Fsp3) is 0.588. The second-order valence-electron chi connectivity index (χ2n) is 6.33. The zero-order valence-corrected chi connectivity index (χ0v) is 15.5. The van der Waals surface area contributed by atoms with Crippen LogP contribution in [0.15, 0.2) is 23.1 Å². The lowest BCUT2D eigenvalue weighted by atomic mass is 9.98. The Bertz CT molecular complexity index is 725. The Kier molecular flexibility index (Phi) is 5.99. The lowest BCUT2D eigenvalue weighted by Gasteiger charge is -2.26. The highest BCUT2D eigenvalue weighted by atomic mass is 35.5. The predicted molar refractivity (Wildman–Crippen MR) is 93.3 cm³/mol. The lowest BCUT2D eigenvalue weighted by Crippen LogP contribution is -2.40. The standard InChI is InChI=1S/C17H22ClNO5S/c18-15-7-6-13(17(20)24-14-4-2-1-3-5-14)12-16(15)25(21,22)19-8-10-23-11-9-19/h6-7,12,14H,1-5,8-11H2. The van der Waals surface area contributed by atoms with E-state index < -0.39 is 16.0 Å². The topological polar surface area (TPSA) is 72.9 Å². The number of carbonyl (C=O) groups excluding carboxylic acids is 1. The van der Waals surface area contributed by atoms with Gasteiger partial charge in [0.05, 0.1) is 23.8 Å². The maximum atomic E-state index is 12.8. The average molecular weight is 388 g/mol. The fourth-order valence-electron chi connectivity index (χ4n) is 3.16. The van der Waals surface area contributed by atoms with Gasteiger partial charge in [-0.25, -0.2) is 13.2 Å². The highest BCUT2D eigenvalue weighted by molar-refractivity contribution is 7.89. The van der Waals surface area contributed by atoms with Gasteiger partial charge in [0, 0.05) is 13.1 Å². The third-order valence-electron chi connectivity index (χ3n) is 4.58. The number of benzene rings is 1. The number of hydrogen-bond donors (Lipinski definition) is 0. The summed E-state index contributed by atoms with van der Waals surface area (Å²) in [5.41, 5.74) is 0.210. The van der Waals surface area contributed by atoms with Crippen LogP contribution in [0.3, 0.4) is 0 Å². The molecule has 0 N–H and O–H groups in total. The number of sulfonamides is 1. The van der Waals surface area contributed by atoms with E-state index in [9.17, 15) is 13.2 Å². The van der Waals surface area contributed by atoms with Crippen molar-refractivity contribution in [2.45, 2.75) is 43.1 Å². The third kappa shape index (κ3) is 4.34. The molecule has 1 saturated carbocycles. The van der Waals surface area contributed by atoms with E-state index in [4.69, 9.17) is 21.1 Å². The molecule has 0 bridgehead atoms. The fourth-order valence-corrected chi connectivity index (χ4v) is 5.06. The molecule has 0 aromatic heterocycles. The normalized spacial score (nSPS) is 20.4. The molecular weight excluding hydrogens is 366 g/mol. The molecule has 1 aliphatic heterocycles. The van der Waals surface area contributed by atoms with Crippen molar-refractivity contribution in [2.24, 2.45) is 0 Å². The molecule has 3 rings (SSSR count). The minimum absolute atomic E-state index is 0.0610. The minimum atomic E-state index is -3.77. The van der Waals surface area contributed by atoms with Crippen molar-refractivity contribution in [1.82, 2.24) is 4.31 Å². The molecule has 0 atom stereocenters. The molecule has 1 heterocycles. The van der Waals surface area contributed by atoms with Crippen LogP contribution in [0.1, 0.15) is 42.5 Å². The van der Waals surface area contributed by atoms with E-state index in [1.54, 1.807) is 0 Å². The van der Waals surface area contributed by atoms with Crippen LogP contribution in [0.2, 0.25) is 5.02 Å². The van der Waals surface area contributed by atoms with Crippen molar-refractivity contribution in [3.63, 3.8) is 0 Å². The number of morpholine rings is 1. The second kappa shape index (κ2) is 8.03. The van der Waals surface area contributed by atoms with Gasteiger partial charge in [0.2, 0.25) is 10.0 Å². The largest absolute Gasteiger partial charge is 0.459 e. The maximum Gasteiger partial charge on any atom is 0.338 e. The number of hydrogen-bond acceptors (Lipinski definition) is 5. The summed E-state index contributed by atoms with van der Waals surface area (Å²) < 4.78 is 37.7. The number of esters is 1. The molecule has 1 saturated heterocycles. The number of rotatable bonds is 4. The van der Waals surface area contributed by atoms with Gasteiger partial charge in [0.15, 0.2) is 0 Å². The molecule has 138 valence electrons. The van der Waals surface area contributed by atoms with Crippen LogP contribution in [0.4, 0.5) is 0 Å². The first kappa shape index (κ1) is 18.6. The van der Waals surface area contributed by atoms with Crippen LogP contribution < -0.4 is 0 Å². The van der Waals surface area contributed by atoms with Gasteiger partial charge < -0.3 is 9.47 Å². The van der Waals surface area contributed by atoms with Crippen LogP contribution in [-0.4, -0.2) is 51.1 Å². The molecule has 1 aromatic rings. The molecule has 0 radical (unpaired) electrons. The molecular formula is C17H22ClNO5S. The Balaban J connectivity index is 1.81. The number of nitrogens with zero attached hydrogens (tertiary/aromatic N) is 1. The van der Waals surface area contributed by atoms with E-state index in [0.29, 0.717) is 13.2 Å². The highest BCUT2D eigenvalue weighted by Crippen LogP contribution is 2.28. The molecule has 25 heavy (non-hydrogen) atoms. The molecule has 1 aliphatic carbocycles. The van der Waals surface area contributed by atoms with E-state index in [2.05, 4.69) is 0 Å². The first-order valence-corrected chi connectivity index (χ1v) is 10.4. The SMILES string of the molecule is O=C(OC1CCCCC1)c1ccc(Cl)c(S(=O)(=O)N2CCOCC2)c1. The van der Waals surface area contributed by atoms with Crippen molar-refractivity contribution in [3.05, 3.63) is 28.8 Å². The molecule has 0 amide bonds. The van der Waals surface area contributed by atoms with Crippen LogP contribution in [0.5, 0.6) is 0 Å². The molecule has 0 unspecified atom stereocenters. The molecule has 6 nitrogen and oxygen atoms in total. The van der Waals surface area contributed by atoms with Crippen LogP contribution in [-0.2, 0) is 19.5 Å². The summed E-state index contributed by atoms with van der Waals surface area (Å²) in [6.07, 6.45) is 4.90. The first-order valence-electron chi connectivity index (χ1n) is 8.57. The molecule has 2 fully saturated rings. The van der Waals surface area contributed by atoms with Gasteiger partial charge >= 0.3 is 5.97 Å². The van der Waals surface area contributed by atoms with E-state index in [1.165, 1.54) is 22.5 Å². The molecule has 2 aliphatic rings. The van der Waals surface area contributed by atoms with Crippen molar-refractivity contribution in [1.29, 1.82) is 0 Å². The van der Waals surface area contributed by atoms with Gasteiger partial charge in [0.1, 0.15) is 11.0 Å². The quantitative estimate of drug-likeness (QED) is 0.743. The monoisotopic (exact) mass is 387 g/mol. The average Bonchev–Trinajstić information content (AvgIpc) is 2.63. The Morgan fingerprint density at radius 2 is 1.84 bits per heavy atom. The van der Waals surface area contributed by atoms with Gasteiger partial charge in [-0.1, -0.05) is 18.0 Å². The lowest BCUT2D eigenvalue weighted by molar-refractivity contribution is 0.0211. The van der Waals surface area contributed by atoms with Crippen molar-refractivity contribution in [3.8, 4) is 0 Å². The highest BCUT2D eigenvalue weighted by Gasteiger charge is 2.29. The second-order valence-corrected chi connectivity index (χ2v) is 8.64. The zero-order chi connectivity index (χ0) is 17.9. The molecule has 1 aromatic carbocycles. The van der Waals surface area contributed by atoms with Crippen LogP contribution in [0.25, 0.3) is 0 Å². The van der Waals surface area contributed by atoms with E-state index in [0.717, 1.165) is 32.1 Å². The minimum Gasteiger partial charge on any atom is -0.459 e. The zero-order valence-electron chi connectivity index (χ0n) is 13.9. The number of ether oxygens (including phenoxy) is 2. The Morgan fingerprint density at radius 1 is 1.16 bits per heavy atom. The molecule has 0 spiro atoms. The Morgan fingerprint density at radius 3 is 2.52 bits per heavy atom. The van der Waals surface area contributed by atoms with Gasteiger partial charge in [-0.05, 0) is 43.9 Å². The Labute approximate surface area is 153 Å². The van der Waals surface area contributed by atoms with E-state index in [-0.39, 0.29) is 34.7 Å². The summed E-state index contributed by atoms with van der Waals surface area (Å²) >= 11 is 6.11. The number of carbonyl (C=O) groups is 1. The molecule has 8 heteroatoms. The first-order chi connectivity index (χ1) is 12.0. The van der Waals surface area contributed by atoms with Gasteiger partial charge in [-0.15, -0.1) is 0 Å². The third-order valence-corrected chi connectivity index (χ3v) is 6.96. The van der Waals surface area contributed by atoms with Gasteiger partial charge in [-0.2, -0.15) is 4.31 Å². The Hall–Kier alpha value is -1.15. The maximum absolute atomic E-state index is 12.8. The predicted octanol–water partition coefficient (Wildman–Crippen LogP) is 2.85. The summed E-state index contributed by atoms with van der Waals surface area (Å²) in [6.45, 7) is 1.24. The van der Waals surface area contributed by atoms with Gasteiger partial charge in [-0.3, -0.25) is 0 Å². The number of halogens is 1. The summed E-state index contributed by atoms with van der Waals surface area (Å²) in [4.78, 5) is 12.3. The van der Waals surface area contributed by atoms with E-state index >= 15 is 0 Å². The van der Waals surface area contributed by atoms with Crippen molar-refractivity contribution < 1.29 is 22.7 Å². The van der Waals surface area contributed by atoms with Crippen molar-refractivity contribution in [2.75, 3.05) is 26.3 Å².